The van der Waals surface area contributed by atoms with Crippen LogP contribution < -0.4 is 11.1 Å². The summed E-state index contributed by atoms with van der Waals surface area (Å²) in [5.41, 5.74) is 5.41. The zero-order valence-corrected chi connectivity index (χ0v) is 12.7. The molecule has 0 radical (unpaired) electrons. The fourth-order valence-electron chi connectivity index (χ4n) is 2.62. The van der Waals surface area contributed by atoms with Gasteiger partial charge in [-0.15, -0.1) is 0 Å². The van der Waals surface area contributed by atoms with Crippen LogP contribution in [0.2, 0.25) is 0 Å². The lowest BCUT2D eigenvalue weighted by atomic mass is 9.97. The molecule has 1 atom stereocenters. The molecule has 1 saturated heterocycles. The third kappa shape index (κ3) is 4.78. The maximum absolute atomic E-state index is 12.0. The molecule has 1 aromatic rings. The van der Waals surface area contributed by atoms with E-state index in [1.54, 1.807) is 0 Å². The molecule has 118 valence electrons. The molecule has 7 heteroatoms. The van der Waals surface area contributed by atoms with Crippen LogP contribution in [0.4, 0.5) is 0 Å². The van der Waals surface area contributed by atoms with Gasteiger partial charge in [-0.25, -0.2) is 0 Å². The van der Waals surface area contributed by atoms with Crippen molar-refractivity contribution in [3.8, 4) is 0 Å². The van der Waals surface area contributed by atoms with Crippen LogP contribution in [0.25, 0.3) is 0 Å². The van der Waals surface area contributed by atoms with Gasteiger partial charge in [0.2, 0.25) is 11.8 Å². The number of amides is 1. The van der Waals surface area contributed by atoms with Gasteiger partial charge in [-0.05, 0) is 25.8 Å². The van der Waals surface area contributed by atoms with Crippen LogP contribution in [0, 0.1) is 5.92 Å². The number of hydrogen-bond donors (Lipinski definition) is 2. The van der Waals surface area contributed by atoms with E-state index in [4.69, 9.17) is 10.3 Å². The minimum absolute atomic E-state index is 0.0345. The average Bonchev–Trinajstić information content (AvgIpc) is 2.92. The van der Waals surface area contributed by atoms with Gasteiger partial charge in [0.15, 0.2) is 5.82 Å². The van der Waals surface area contributed by atoms with Crippen LogP contribution in [-0.2, 0) is 17.8 Å². The van der Waals surface area contributed by atoms with E-state index in [0.717, 1.165) is 38.8 Å². The summed E-state index contributed by atoms with van der Waals surface area (Å²) in [7, 11) is 0. The molecule has 3 N–H and O–H groups in total. The van der Waals surface area contributed by atoms with Crippen molar-refractivity contribution in [3.63, 3.8) is 0 Å². The predicted molar refractivity (Wildman–Crippen MR) is 78.4 cm³/mol. The first-order chi connectivity index (χ1) is 10.2. The number of nitrogens with two attached hydrogens (primary N) is 1. The number of nitrogens with zero attached hydrogens (tertiary/aromatic N) is 3. The summed E-state index contributed by atoms with van der Waals surface area (Å²) in [5, 5.41) is 6.87. The standard InChI is InChI=1S/C14H25N5O2/c1-2-4-13-17-12(18-21-13)10-19-8-3-5-11(9-19)14(20)16-7-6-15/h11H,2-10,15H2,1H3,(H,16,20). The van der Waals surface area contributed by atoms with Crippen molar-refractivity contribution >= 4 is 5.91 Å². The van der Waals surface area contributed by atoms with Crippen LogP contribution in [0.3, 0.4) is 0 Å². The first-order valence-corrected chi connectivity index (χ1v) is 7.74. The molecule has 0 saturated carbocycles. The molecule has 21 heavy (non-hydrogen) atoms. The molecule has 1 unspecified atom stereocenters. The molecule has 1 aliphatic rings. The van der Waals surface area contributed by atoms with Gasteiger partial charge in [0.1, 0.15) is 0 Å². The van der Waals surface area contributed by atoms with E-state index in [-0.39, 0.29) is 11.8 Å². The van der Waals surface area contributed by atoms with Crippen molar-refractivity contribution in [3.05, 3.63) is 11.7 Å². The Morgan fingerprint density at radius 2 is 2.43 bits per heavy atom. The van der Waals surface area contributed by atoms with E-state index in [1.165, 1.54) is 0 Å². The Hall–Kier alpha value is -1.47. The van der Waals surface area contributed by atoms with Crippen molar-refractivity contribution in [1.82, 2.24) is 20.4 Å². The van der Waals surface area contributed by atoms with E-state index >= 15 is 0 Å². The molecule has 1 aliphatic heterocycles. The SMILES string of the molecule is CCCc1nc(CN2CCCC(C(=O)NCCN)C2)no1. The molecule has 1 aromatic heterocycles. The minimum atomic E-state index is 0.0345. The van der Waals surface area contributed by atoms with Gasteiger partial charge in [0.25, 0.3) is 0 Å². The second-order valence-corrected chi connectivity index (χ2v) is 5.51. The monoisotopic (exact) mass is 295 g/mol. The highest BCUT2D eigenvalue weighted by molar-refractivity contribution is 5.78. The van der Waals surface area contributed by atoms with Crippen molar-refractivity contribution in [2.24, 2.45) is 11.7 Å². The number of hydrogen-bond acceptors (Lipinski definition) is 6. The fraction of sp³-hybridized carbons (Fsp3) is 0.786. The highest BCUT2D eigenvalue weighted by Crippen LogP contribution is 2.18. The third-order valence-corrected chi connectivity index (χ3v) is 3.66. The van der Waals surface area contributed by atoms with E-state index in [1.807, 2.05) is 0 Å². The molecule has 1 fully saturated rings. The highest BCUT2D eigenvalue weighted by atomic mass is 16.5. The van der Waals surface area contributed by atoms with Crippen molar-refractivity contribution in [2.75, 3.05) is 26.2 Å². The largest absolute Gasteiger partial charge is 0.355 e. The van der Waals surface area contributed by atoms with Gasteiger partial charge in [-0.3, -0.25) is 9.69 Å². The molecule has 7 nitrogen and oxygen atoms in total. The molecular formula is C14H25N5O2. The minimum Gasteiger partial charge on any atom is -0.355 e. The summed E-state index contributed by atoms with van der Waals surface area (Å²) in [4.78, 5) is 18.6. The molecule has 0 aliphatic carbocycles. The Morgan fingerprint density at radius 3 is 3.19 bits per heavy atom. The highest BCUT2D eigenvalue weighted by Gasteiger charge is 2.26. The molecule has 0 aromatic carbocycles. The van der Waals surface area contributed by atoms with Crippen molar-refractivity contribution in [1.29, 1.82) is 0 Å². The van der Waals surface area contributed by atoms with Crippen molar-refractivity contribution < 1.29 is 9.32 Å². The second-order valence-electron chi connectivity index (χ2n) is 5.51. The van der Waals surface area contributed by atoms with Crippen LogP contribution in [-0.4, -0.2) is 47.1 Å². The van der Waals surface area contributed by atoms with Gasteiger partial charge in [0, 0.05) is 26.1 Å². The number of nitrogens with one attached hydrogen (secondary N) is 1. The predicted octanol–water partition coefficient (Wildman–Crippen LogP) is 0.309. The Bertz CT molecular complexity index is 448. The summed E-state index contributed by atoms with van der Waals surface area (Å²) in [5.74, 6) is 1.54. The summed E-state index contributed by atoms with van der Waals surface area (Å²) in [6.07, 6.45) is 3.76. The normalized spacial score (nSPS) is 19.6. The van der Waals surface area contributed by atoms with Crippen LogP contribution in [0.15, 0.2) is 4.52 Å². The Kier molecular flexibility index (Phi) is 6.13. The molecule has 1 amide bonds. The smallest absolute Gasteiger partial charge is 0.226 e. The lowest BCUT2D eigenvalue weighted by Gasteiger charge is -2.31. The Labute approximate surface area is 125 Å². The van der Waals surface area contributed by atoms with Gasteiger partial charge in [0.05, 0.1) is 12.5 Å². The first kappa shape index (κ1) is 15.9. The van der Waals surface area contributed by atoms with E-state index in [9.17, 15) is 4.79 Å². The fourth-order valence-corrected chi connectivity index (χ4v) is 2.62. The maximum Gasteiger partial charge on any atom is 0.226 e. The molecule has 2 rings (SSSR count). The van der Waals surface area contributed by atoms with Gasteiger partial charge >= 0.3 is 0 Å². The van der Waals surface area contributed by atoms with E-state index < -0.39 is 0 Å². The summed E-state index contributed by atoms with van der Waals surface area (Å²) in [6, 6.07) is 0. The third-order valence-electron chi connectivity index (χ3n) is 3.66. The van der Waals surface area contributed by atoms with Crippen LogP contribution in [0.5, 0.6) is 0 Å². The number of aromatic nitrogens is 2. The number of carbonyl (C=O) groups is 1. The lowest BCUT2D eigenvalue weighted by molar-refractivity contribution is -0.126. The number of aryl methyl sites for hydroxylation is 1. The lowest BCUT2D eigenvalue weighted by Crippen LogP contribution is -2.43. The summed E-state index contributed by atoms with van der Waals surface area (Å²) < 4.78 is 5.19. The number of rotatable bonds is 7. The van der Waals surface area contributed by atoms with Gasteiger partial charge in [-0.1, -0.05) is 12.1 Å². The van der Waals surface area contributed by atoms with Gasteiger partial charge < -0.3 is 15.6 Å². The zero-order valence-electron chi connectivity index (χ0n) is 12.7. The molecule has 0 bridgehead atoms. The quantitative estimate of drug-likeness (QED) is 0.751. The van der Waals surface area contributed by atoms with E-state index in [0.29, 0.717) is 31.3 Å². The topological polar surface area (TPSA) is 97.3 Å². The molecular weight excluding hydrogens is 270 g/mol. The Morgan fingerprint density at radius 1 is 1.57 bits per heavy atom. The summed E-state index contributed by atoms with van der Waals surface area (Å²) >= 11 is 0. The van der Waals surface area contributed by atoms with Crippen LogP contribution in [0.1, 0.15) is 37.9 Å². The number of carbonyl (C=O) groups excluding carboxylic acids is 1. The Balaban J connectivity index is 1.84. The first-order valence-electron chi connectivity index (χ1n) is 7.74. The summed E-state index contributed by atoms with van der Waals surface area (Å²) in [6.45, 7) is 5.46. The van der Waals surface area contributed by atoms with Crippen LogP contribution >= 0.6 is 0 Å². The van der Waals surface area contributed by atoms with Crippen molar-refractivity contribution in [2.45, 2.75) is 39.2 Å². The van der Waals surface area contributed by atoms with E-state index in [2.05, 4.69) is 27.3 Å². The second kappa shape index (κ2) is 8.09. The molecule has 0 spiro atoms. The average molecular weight is 295 g/mol. The maximum atomic E-state index is 12.0. The zero-order chi connectivity index (χ0) is 15.1. The number of likely N-dealkylation sites (tertiary alicyclic amines) is 1. The molecule has 2 heterocycles. The van der Waals surface area contributed by atoms with Gasteiger partial charge in [-0.2, -0.15) is 4.98 Å². The number of piperidine rings is 1.